The van der Waals surface area contributed by atoms with Crippen molar-refractivity contribution in [2.24, 2.45) is 0 Å². The van der Waals surface area contributed by atoms with Crippen LogP contribution in [0.3, 0.4) is 0 Å². The highest BCUT2D eigenvalue weighted by atomic mass is 16.5. The molecule has 2 heterocycles. The maximum absolute atomic E-state index is 11.6. The van der Waals surface area contributed by atoms with Crippen LogP contribution in [0.1, 0.15) is 12.0 Å². The fourth-order valence-corrected chi connectivity index (χ4v) is 2.44. The number of fused-ring (bicyclic) bond motifs is 1. The van der Waals surface area contributed by atoms with Gasteiger partial charge in [0, 0.05) is 30.6 Å². The normalized spacial score (nSPS) is 13.4. The average molecular weight is 270 g/mol. The van der Waals surface area contributed by atoms with Gasteiger partial charge in [0.2, 0.25) is 0 Å². The second kappa shape index (κ2) is 5.82. The fraction of sp³-hybridized carbons (Fsp3) is 0.312. The molecule has 1 aromatic carbocycles. The minimum absolute atomic E-state index is 0.00297. The highest BCUT2D eigenvalue weighted by Gasteiger charge is 2.09. The summed E-state index contributed by atoms with van der Waals surface area (Å²) in [6.45, 7) is 2.07. The summed E-state index contributed by atoms with van der Waals surface area (Å²) in [7, 11) is 0. The summed E-state index contributed by atoms with van der Waals surface area (Å²) < 4.78 is 7.38. The standard InChI is InChI=1S/C16H18N2O2/c19-16-5-1-2-9-18(16)10-11-20-14-7-6-13-4-3-8-17-15(13)12-14/h1-2,5-7,9,12,17H,3-4,8,10-11H2. The molecule has 0 radical (unpaired) electrons. The predicted octanol–water partition coefficient (Wildman–Crippen LogP) is 2.29. The summed E-state index contributed by atoms with van der Waals surface area (Å²) in [6, 6.07) is 11.3. The third-order valence-electron chi connectivity index (χ3n) is 3.52. The van der Waals surface area contributed by atoms with Crippen LogP contribution in [0, 0.1) is 0 Å². The van der Waals surface area contributed by atoms with E-state index in [9.17, 15) is 4.79 Å². The molecule has 0 unspecified atom stereocenters. The highest BCUT2D eigenvalue weighted by Crippen LogP contribution is 2.26. The van der Waals surface area contributed by atoms with Crippen molar-refractivity contribution in [3.8, 4) is 5.75 Å². The van der Waals surface area contributed by atoms with Crippen LogP contribution in [0.5, 0.6) is 5.75 Å². The van der Waals surface area contributed by atoms with Gasteiger partial charge in [-0.1, -0.05) is 12.1 Å². The molecule has 0 amide bonds. The van der Waals surface area contributed by atoms with Gasteiger partial charge < -0.3 is 14.6 Å². The maximum Gasteiger partial charge on any atom is 0.250 e. The molecule has 20 heavy (non-hydrogen) atoms. The number of ether oxygens (including phenoxy) is 1. The van der Waals surface area contributed by atoms with Gasteiger partial charge in [0.15, 0.2) is 0 Å². The van der Waals surface area contributed by atoms with Gasteiger partial charge in [-0.3, -0.25) is 4.79 Å². The van der Waals surface area contributed by atoms with Crippen LogP contribution in [-0.4, -0.2) is 17.7 Å². The van der Waals surface area contributed by atoms with Crippen molar-refractivity contribution in [3.05, 3.63) is 58.5 Å². The Morgan fingerprint density at radius 1 is 1.25 bits per heavy atom. The second-order valence-electron chi connectivity index (χ2n) is 4.93. The van der Waals surface area contributed by atoms with Crippen molar-refractivity contribution < 1.29 is 4.74 Å². The van der Waals surface area contributed by atoms with E-state index in [1.54, 1.807) is 22.9 Å². The summed E-state index contributed by atoms with van der Waals surface area (Å²) >= 11 is 0. The van der Waals surface area contributed by atoms with Gasteiger partial charge in [-0.15, -0.1) is 0 Å². The largest absolute Gasteiger partial charge is 0.492 e. The number of nitrogens with one attached hydrogen (secondary N) is 1. The number of pyridine rings is 1. The first kappa shape index (κ1) is 12.8. The molecule has 3 rings (SSSR count). The topological polar surface area (TPSA) is 43.3 Å². The molecule has 0 saturated heterocycles. The first-order chi connectivity index (χ1) is 9.83. The van der Waals surface area contributed by atoms with Crippen LogP contribution in [0.2, 0.25) is 0 Å². The lowest BCUT2D eigenvalue weighted by molar-refractivity contribution is 0.296. The Balaban J connectivity index is 1.61. The number of hydrogen-bond acceptors (Lipinski definition) is 3. The van der Waals surface area contributed by atoms with Gasteiger partial charge in [-0.05, 0) is 30.5 Å². The molecular weight excluding hydrogens is 252 g/mol. The minimum atomic E-state index is 0.00297. The molecule has 2 aromatic rings. The van der Waals surface area contributed by atoms with Crippen LogP contribution in [0.4, 0.5) is 5.69 Å². The third-order valence-corrected chi connectivity index (χ3v) is 3.52. The molecule has 0 fully saturated rings. The Labute approximate surface area is 118 Å². The Morgan fingerprint density at radius 3 is 3.10 bits per heavy atom. The Kier molecular flexibility index (Phi) is 3.72. The van der Waals surface area contributed by atoms with Gasteiger partial charge in [-0.2, -0.15) is 0 Å². The predicted molar refractivity (Wildman–Crippen MR) is 79.4 cm³/mol. The number of benzene rings is 1. The zero-order valence-electron chi connectivity index (χ0n) is 11.3. The third kappa shape index (κ3) is 2.85. The lowest BCUT2D eigenvalue weighted by Crippen LogP contribution is -2.21. The molecule has 0 bridgehead atoms. The number of rotatable bonds is 4. The van der Waals surface area contributed by atoms with Gasteiger partial charge in [0.25, 0.3) is 5.56 Å². The van der Waals surface area contributed by atoms with Crippen LogP contribution in [-0.2, 0) is 13.0 Å². The lowest BCUT2D eigenvalue weighted by atomic mass is 10.0. The van der Waals surface area contributed by atoms with E-state index in [-0.39, 0.29) is 5.56 Å². The molecule has 1 N–H and O–H groups in total. The molecule has 4 nitrogen and oxygen atoms in total. The van der Waals surface area contributed by atoms with E-state index < -0.39 is 0 Å². The zero-order valence-corrected chi connectivity index (χ0v) is 11.3. The van der Waals surface area contributed by atoms with Crippen molar-refractivity contribution in [2.45, 2.75) is 19.4 Å². The number of aryl methyl sites for hydroxylation is 1. The van der Waals surface area contributed by atoms with E-state index in [4.69, 9.17) is 4.74 Å². The van der Waals surface area contributed by atoms with Crippen molar-refractivity contribution in [2.75, 3.05) is 18.5 Å². The molecule has 4 heteroatoms. The zero-order chi connectivity index (χ0) is 13.8. The molecule has 1 aliphatic rings. The Bertz CT molecular complexity index is 649. The SMILES string of the molecule is O=c1ccccn1CCOc1ccc2c(c1)NCCC2. The highest BCUT2D eigenvalue weighted by molar-refractivity contribution is 5.56. The van der Waals surface area contributed by atoms with E-state index in [2.05, 4.69) is 11.4 Å². The van der Waals surface area contributed by atoms with Gasteiger partial charge in [-0.25, -0.2) is 0 Å². The van der Waals surface area contributed by atoms with Crippen molar-refractivity contribution in [1.82, 2.24) is 4.57 Å². The molecular formula is C16H18N2O2. The summed E-state index contributed by atoms with van der Waals surface area (Å²) in [6.07, 6.45) is 4.09. The molecule has 0 saturated carbocycles. The number of aromatic nitrogens is 1. The van der Waals surface area contributed by atoms with E-state index in [0.29, 0.717) is 13.2 Å². The van der Waals surface area contributed by atoms with E-state index in [1.165, 1.54) is 17.7 Å². The van der Waals surface area contributed by atoms with Crippen molar-refractivity contribution in [1.29, 1.82) is 0 Å². The van der Waals surface area contributed by atoms with E-state index in [1.807, 2.05) is 18.2 Å². The smallest absolute Gasteiger partial charge is 0.250 e. The average Bonchev–Trinajstić information content (AvgIpc) is 2.49. The molecule has 0 aliphatic carbocycles. The molecule has 0 spiro atoms. The van der Waals surface area contributed by atoms with Crippen LogP contribution in [0.25, 0.3) is 0 Å². The summed E-state index contributed by atoms with van der Waals surface area (Å²) in [5.74, 6) is 0.849. The van der Waals surface area contributed by atoms with Crippen LogP contribution < -0.4 is 15.6 Å². The number of nitrogens with zero attached hydrogens (tertiary/aromatic N) is 1. The van der Waals surface area contributed by atoms with Gasteiger partial charge in [0.1, 0.15) is 12.4 Å². The number of anilines is 1. The second-order valence-corrected chi connectivity index (χ2v) is 4.93. The quantitative estimate of drug-likeness (QED) is 0.927. The lowest BCUT2D eigenvalue weighted by Gasteiger charge is -2.18. The van der Waals surface area contributed by atoms with Gasteiger partial charge in [0.05, 0.1) is 6.54 Å². The first-order valence-corrected chi connectivity index (χ1v) is 6.98. The van der Waals surface area contributed by atoms with E-state index >= 15 is 0 Å². The van der Waals surface area contributed by atoms with Crippen LogP contribution in [0.15, 0.2) is 47.4 Å². The van der Waals surface area contributed by atoms with E-state index in [0.717, 1.165) is 18.7 Å². The summed E-state index contributed by atoms with van der Waals surface area (Å²) in [5, 5.41) is 3.39. The molecule has 1 aliphatic heterocycles. The van der Waals surface area contributed by atoms with Crippen molar-refractivity contribution in [3.63, 3.8) is 0 Å². The Hall–Kier alpha value is -2.23. The first-order valence-electron chi connectivity index (χ1n) is 6.98. The maximum atomic E-state index is 11.6. The van der Waals surface area contributed by atoms with Crippen LogP contribution >= 0.6 is 0 Å². The molecule has 104 valence electrons. The number of hydrogen-bond donors (Lipinski definition) is 1. The fourth-order valence-electron chi connectivity index (χ4n) is 2.44. The summed E-state index contributed by atoms with van der Waals surface area (Å²) in [4.78, 5) is 11.6. The molecule has 0 atom stereocenters. The Morgan fingerprint density at radius 2 is 2.20 bits per heavy atom. The molecule has 1 aromatic heterocycles. The monoisotopic (exact) mass is 270 g/mol. The van der Waals surface area contributed by atoms with Crippen molar-refractivity contribution >= 4 is 5.69 Å². The minimum Gasteiger partial charge on any atom is -0.492 e. The van der Waals surface area contributed by atoms with Gasteiger partial charge >= 0.3 is 0 Å². The summed E-state index contributed by atoms with van der Waals surface area (Å²) in [5.41, 5.74) is 2.52.